The summed E-state index contributed by atoms with van der Waals surface area (Å²) in [4.78, 5) is 11.5. The summed E-state index contributed by atoms with van der Waals surface area (Å²) < 4.78 is 27.5. The van der Waals surface area contributed by atoms with Gasteiger partial charge in [-0.05, 0) is 31.0 Å². The molecular weight excluding hydrogens is 346 g/mol. The van der Waals surface area contributed by atoms with Crippen LogP contribution in [0.1, 0.15) is 25.7 Å². The van der Waals surface area contributed by atoms with E-state index in [1.54, 1.807) is 12.1 Å². The fraction of sp³-hybridized carbons (Fsp3) is 0.462. The second-order valence-electron chi connectivity index (χ2n) is 5.07. The number of hydrogen-bond acceptors (Lipinski definition) is 3. The molecule has 7 heteroatoms. The Morgan fingerprint density at radius 1 is 1.35 bits per heavy atom. The molecule has 1 aromatic carbocycles. The summed E-state index contributed by atoms with van der Waals surface area (Å²) in [5.74, 6) is -0.924. The van der Waals surface area contributed by atoms with E-state index in [4.69, 9.17) is 0 Å². The number of halogens is 1. The van der Waals surface area contributed by atoms with Gasteiger partial charge in [0.05, 0.1) is 10.3 Å². The van der Waals surface area contributed by atoms with Crippen molar-refractivity contribution in [2.45, 2.75) is 30.6 Å². The highest BCUT2D eigenvalue weighted by Crippen LogP contribution is 2.38. The van der Waals surface area contributed by atoms with Crippen LogP contribution in [0.2, 0.25) is 0 Å². The lowest BCUT2D eigenvalue weighted by molar-refractivity contribution is -0.148. The van der Waals surface area contributed by atoms with Crippen LogP contribution in [0.5, 0.6) is 0 Å². The van der Waals surface area contributed by atoms with Crippen LogP contribution in [0.3, 0.4) is 0 Å². The number of hydrogen-bond donors (Lipinski definition) is 2. The van der Waals surface area contributed by atoms with Crippen LogP contribution >= 0.6 is 15.9 Å². The predicted octanol–water partition coefficient (Wildman–Crippen LogP) is 2.37. The van der Waals surface area contributed by atoms with Crippen LogP contribution in [-0.2, 0) is 14.8 Å². The first-order valence-corrected chi connectivity index (χ1v) is 8.62. The fourth-order valence-corrected chi connectivity index (χ4v) is 4.19. The van der Waals surface area contributed by atoms with E-state index in [0.717, 1.165) is 12.8 Å². The molecule has 20 heavy (non-hydrogen) atoms. The summed E-state index contributed by atoms with van der Waals surface area (Å²) in [6.07, 6.45) is 2.68. The molecule has 0 heterocycles. The van der Waals surface area contributed by atoms with E-state index in [9.17, 15) is 18.3 Å². The fourth-order valence-electron chi connectivity index (χ4n) is 2.47. The minimum Gasteiger partial charge on any atom is -0.481 e. The van der Waals surface area contributed by atoms with Crippen LogP contribution in [-0.4, -0.2) is 26.0 Å². The largest absolute Gasteiger partial charge is 0.481 e. The van der Waals surface area contributed by atoms with Gasteiger partial charge in [0.2, 0.25) is 10.0 Å². The van der Waals surface area contributed by atoms with Crippen molar-refractivity contribution < 1.29 is 18.3 Å². The average molecular weight is 362 g/mol. The van der Waals surface area contributed by atoms with Gasteiger partial charge in [0.15, 0.2) is 0 Å². The van der Waals surface area contributed by atoms with Gasteiger partial charge in [0, 0.05) is 11.0 Å². The number of carbonyl (C=O) groups is 1. The van der Waals surface area contributed by atoms with Crippen molar-refractivity contribution in [2.24, 2.45) is 5.41 Å². The number of benzene rings is 1. The summed E-state index contributed by atoms with van der Waals surface area (Å²) in [6.45, 7) is -0.0584. The Kier molecular flexibility index (Phi) is 4.51. The molecule has 0 aliphatic heterocycles. The lowest BCUT2D eigenvalue weighted by Crippen LogP contribution is -2.41. The lowest BCUT2D eigenvalue weighted by atomic mass is 9.87. The van der Waals surface area contributed by atoms with E-state index in [-0.39, 0.29) is 11.4 Å². The molecule has 0 unspecified atom stereocenters. The van der Waals surface area contributed by atoms with Crippen LogP contribution < -0.4 is 4.72 Å². The zero-order valence-electron chi connectivity index (χ0n) is 10.8. The van der Waals surface area contributed by atoms with Gasteiger partial charge in [-0.2, -0.15) is 0 Å². The Hall–Kier alpha value is -0.920. The molecule has 0 saturated heterocycles. The molecule has 0 amide bonds. The summed E-state index contributed by atoms with van der Waals surface area (Å²) in [5, 5.41) is 9.33. The normalized spacial score (nSPS) is 18.1. The molecule has 110 valence electrons. The highest BCUT2D eigenvalue weighted by atomic mass is 79.9. The third kappa shape index (κ3) is 3.21. The average Bonchev–Trinajstić information content (AvgIpc) is 2.87. The van der Waals surface area contributed by atoms with Crippen LogP contribution in [0.15, 0.2) is 33.6 Å². The molecular formula is C13H16BrNO4S. The maximum absolute atomic E-state index is 12.2. The van der Waals surface area contributed by atoms with Gasteiger partial charge in [-0.25, -0.2) is 13.1 Å². The van der Waals surface area contributed by atoms with Crippen molar-refractivity contribution in [3.05, 3.63) is 28.7 Å². The Balaban J connectivity index is 2.15. The molecule has 1 aromatic rings. The van der Waals surface area contributed by atoms with Gasteiger partial charge >= 0.3 is 5.97 Å². The Bertz CT molecular complexity index is 609. The number of sulfonamides is 1. The van der Waals surface area contributed by atoms with Crippen molar-refractivity contribution >= 4 is 31.9 Å². The summed E-state index contributed by atoms with van der Waals surface area (Å²) in [6, 6.07) is 6.33. The Morgan fingerprint density at radius 2 is 2.00 bits per heavy atom. The van der Waals surface area contributed by atoms with E-state index < -0.39 is 21.4 Å². The lowest BCUT2D eigenvalue weighted by Gasteiger charge is -2.23. The molecule has 1 aliphatic rings. The van der Waals surface area contributed by atoms with Crippen molar-refractivity contribution in [1.82, 2.24) is 4.72 Å². The highest BCUT2D eigenvalue weighted by Gasteiger charge is 2.42. The number of nitrogens with one attached hydrogen (secondary N) is 1. The first-order valence-electron chi connectivity index (χ1n) is 6.34. The predicted molar refractivity (Wildman–Crippen MR) is 77.9 cm³/mol. The molecule has 2 rings (SSSR count). The van der Waals surface area contributed by atoms with E-state index in [1.807, 2.05) is 0 Å². The molecule has 2 N–H and O–H groups in total. The quantitative estimate of drug-likeness (QED) is 0.843. The van der Waals surface area contributed by atoms with Gasteiger partial charge in [0.1, 0.15) is 0 Å². The standard InChI is InChI=1S/C13H16BrNO4S/c14-10-4-3-5-11(8-10)20(18,19)15-9-13(12(16)17)6-1-2-7-13/h3-5,8,15H,1-2,6-7,9H2,(H,16,17). The number of carboxylic acids is 1. The summed E-state index contributed by atoms with van der Waals surface area (Å²) in [5.41, 5.74) is -0.959. The smallest absolute Gasteiger partial charge is 0.310 e. The minimum absolute atomic E-state index is 0.0584. The third-order valence-corrected chi connectivity index (χ3v) is 5.61. The first kappa shape index (κ1) is 15.5. The second kappa shape index (κ2) is 5.83. The molecule has 5 nitrogen and oxygen atoms in total. The molecule has 1 aliphatic carbocycles. The topological polar surface area (TPSA) is 83.5 Å². The molecule has 0 aromatic heterocycles. The van der Waals surface area contributed by atoms with E-state index >= 15 is 0 Å². The highest BCUT2D eigenvalue weighted by molar-refractivity contribution is 9.10. The molecule has 0 atom stereocenters. The van der Waals surface area contributed by atoms with Crippen LogP contribution in [0, 0.1) is 5.41 Å². The van der Waals surface area contributed by atoms with E-state index in [1.165, 1.54) is 12.1 Å². The Morgan fingerprint density at radius 3 is 2.55 bits per heavy atom. The van der Waals surface area contributed by atoms with Crippen molar-refractivity contribution in [3.63, 3.8) is 0 Å². The monoisotopic (exact) mass is 361 g/mol. The van der Waals surface area contributed by atoms with Gasteiger partial charge in [-0.15, -0.1) is 0 Å². The maximum atomic E-state index is 12.2. The molecule has 0 radical (unpaired) electrons. The molecule has 0 spiro atoms. The van der Waals surface area contributed by atoms with Gasteiger partial charge in [0.25, 0.3) is 0 Å². The van der Waals surface area contributed by atoms with Crippen molar-refractivity contribution in [1.29, 1.82) is 0 Å². The Labute approximate surface area is 126 Å². The van der Waals surface area contributed by atoms with Gasteiger partial charge in [-0.1, -0.05) is 34.8 Å². The van der Waals surface area contributed by atoms with Crippen molar-refractivity contribution in [3.8, 4) is 0 Å². The molecule has 1 fully saturated rings. The minimum atomic E-state index is -3.69. The SMILES string of the molecule is O=C(O)C1(CNS(=O)(=O)c2cccc(Br)c2)CCCC1. The maximum Gasteiger partial charge on any atom is 0.310 e. The number of carboxylic acid groups (broad SMARTS) is 1. The number of aliphatic carboxylic acids is 1. The molecule has 1 saturated carbocycles. The summed E-state index contributed by atoms with van der Waals surface area (Å²) >= 11 is 3.22. The van der Waals surface area contributed by atoms with E-state index in [0.29, 0.717) is 17.3 Å². The van der Waals surface area contributed by atoms with Gasteiger partial charge < -0.3 is 5.11 Å². The summed E-state index contributed by atoms with van der Waals surface area (Å²) in [7, 11) is -3.69. The number of rotatable bonds is 5. The van der Waals surface area contributed by atoms with Crippen LogP contribution in [0.25, 0.3) is 0 Å². The van der Waals surface area contributed by atoms with E-state index in [2.05, 4.69) is 20.7 Å². The van der Waals surface area contributed by atoms with Crippen molar-refractivity contribution in [2.75, 3.05) is 6.54 Å². The zero-order valence-corrected chi connectivity index (χ0v) is 13.2. The molecule has 0 bridgehead atoms. The zero-order chi connectivity index (χ0) is 14.8. The van der Waals surface area contributed by atoms with Gasteiger partial charge in [-0.3, -0.25) is 4.79 Å². The van der Waals surface area contributed by atoms with Crippen LogP contribution in [0.4, 0.5) is 0 Å². The first-order chi connectivity index (χ1) is 9.36. The third-order valence-electron chi connectivity index (χ3n) is 3.72. The second-order valence-corrected chi connectivity index (χ2v) is 7.76.